The van der Waals surface area contributed by atoms with E-state index in [0.717, 1.165) is 22.5 Å². The first-order valence-electron chi connectivity index (χ1n) is 10.8. The Morgan fingerprint density at radius 3 is 2.72 bits per heavy atom. The highest BCUT2D eigenvalue weighted by molar-refractivity contribution is 5.95. The third-order valence-corrected chi connectivity index (χ3v) is 5.83. The summed E-state index contributed by atoms with van der Waals surface area (Å²) in [4.78, 5) is 30.1. The summed E-state index contributed by atoms with van der Waals surface area (Å²) in [5.74, 6) is 0.424. The lowest BCUT2D eigenvalue weighted by molar-refractivity contribution is 0.0763. The SMILES string of the molecule is CN(CCO)C(=O)c1c2c(cn(CCc3ccccc3)c1=O)CN(c1cccnn1)CC2. The monoisotopic (exact) mass is 433 g/mol. The van der Waals surface area contributed by atoms with Crippen molar-refractivity contribution in [1.82, 2.24) is 19.7 Å². The molecule has 166 valence electrons. The van der Waals surface area contributed by atoms with Crippen molar-refractivity contribution in [2.24, 2.45) is 0 Å². The first kappa shape index (κ1) is 21.7. The van der Waals surface area contributed by atoms with Crippen LogP contribution in [0.3, 0.4) is 0 Å². The van der Waals surface area contributed by atoms with Crippen molar-refractivity contribution in [3.63, 3.8) is 0 Å². The number of hydrogen-bond acceptors (Lipinski definition) is 6. The van der Waals surface area contributed by atoms with Crippen molar-refractivity contribution in [3.8, 4) is 0 Å². The number of aliphatic hydroxyl groups is 1. The summed E-state index contributed by atoms with van der Waals surface area (Å²) < 4.78 is 1.64. The quantitative estimate of drug-likeness (QED) is 0.607. The van der Waals surface area contributed by atoms with Crippen LogP contribution in [0.2, 0.25) is 0 Å². The minimum absolute atomic E-state index is 0.153. The molecule has 0 bridgehead atoms. The molecule has 1 aliphatic heterocycles. The molecule has 0 saturated carbocycles. The van der Waals surface area contributed by atoms with Gasteiger partial charge in [0, 0.05) is 45.6 Å². The fourth-order valence-corrected chi connectivity index (χ4v) is 4.09. The predicted octanol–water partition coefficient (Wildman–Crippen LogP) is 1.51. The maximum Gasteiger partial charge on any atom is 0.263 e. The largest absolute Gasteiger partial charge is 0.395 e. The van der Waals surface area contributed by atoms with Crippen molar-refractivity contribution in [2.45, 2.75) is 25.9 Å². The maximum atomic E-state index is 13.4. The summed E-state index contributed by atoms with van der Waals surface area (Å²) in [6.07, 6.45) is 4.77. The minimum Gasteiger partial charge on any atom is -0.395 e. The zero-order valence-corrected chi connectivity index (χ0v) is 18.1. The number of carbonyl (C=O) groups excluding carboxylic acids is 1. The number of fused-ring (bicyclic) bond motifs is 1. The van der Waals surface area contributed by atoms with Crippen LogP contribution in [0.4, 0.5) is 5.82 Å². The standard InChI is InChI=1S/C24H27N5O3/c1-27(14-15-30)23(31)22-20-10-13-28(21-8-5-11-25-26-21)16-19(20)17-29(24(22)32)12-9-18-6-3-2-4-7-18/h2-8,11,17,30H,9-10,12-16H2,1H3. The number of aliphatic hydroxyl groups excluding tert-OH is 1. The normalized spacial score (nSPS) is 13.0. The lowest BCUT2D eigenvalue weighted by Gasteiger charge is -2.31. The van der Waals surface area contributed by atoms with E-state index in [2.05, 4.69) is 15.1 Å². The molecule has 1 N–H and O–H groups in total. The third-order valence-electron chi connectivity index (χ3n) is 5.83. The van der Waals surface area contributed by atoms with Gasteiger partial charge in [0.1, 0.15) is 5.56 Å². The summed E-state index contributed by atoms with van der Waals surface area (Å²) in [6.45, 7) is 1.69. The number of nitrogens with zero attached hydrogens (tertiary/aromatic N) is 5. The van der Waals surface area contributed by atoms with Crippen LogP contribution >= 0.6 is 0 Å². The number of likely N-dealkylation sites (N-methyl/N-ethyl adjacent to an activating group) is 1. The van der Waals surface area contributed by atoms with E-state index in [0.29, 0.717) is 32.5 Å². The van der Waals surface area contributed by atoms with Crippen molar-refractivity contribution in [2.75, 3.05) is 31.6 Å². The molecular formula is C24H27N5O3. The van der Waals surface area contributed by atoms with E-state index in [9.17, 15) is 14.7 Å². The number of aromatic nitrogens is 3. The van der Waals surface area contributed by atoms with E-state index in [1.54, 1.807) is 17.8 Å². The summed E-state index contributed by atoms with van der Waals surface area (Å²) in [6, 6.07) is 13.7. The molecule has 0 spiro atoms. The second-order valence-electron chi connectivity index (χ2n) is 7.95. The summed E-state index contributed by atoms with van der Waals surface area (Å²) in [5, 5.41) is 17.4. The van der Waals surface area contributed by atoms with Gasteiger partial charge in [0.25, 0.3) is 11.5 Å². The van der Waals surface area contributed by atoms with E-state index in [4.69, 9.17) is 0 Å². The van der Waals surface area contributed by atoms with Gasteiger partial charge in [0.05, 0.1) is 6.61 Å². The van der Waals surface area contributed by atoms with Crippen LogP contribution in [0.15, 0.2) is 59.7 Å². The van der Waals surface area contributed by atoms with Crippen LogP contribution in [0.25, 0.3) is 0 Å². The molecule has 0 unspecified atom stereocenters. The number of pyridine rings is 1. The fourth-order valence-electron chi connectivity index (χ4n) is 4.09. The Hall–Kier alpha value is -3.52. The van der Waals surface area contributed by atoms with Gasteiger partial charge in [-0.2, -0.15) is 5.10 Å². The summed E-state index contributed by atoms with van der Waals surface area (Å²) in [7, 11) is 1.61. The van der Waals surface area contributed by atoms with Gasteiger partial charge in [0.2, 0.25) is 0 Å². The van der Waals surface area contributed by atoms with Crippen LogP contribution < -0.4 is 10.5 Å². The van der Waals surface area contributed by atoms with Gasteiger partial charge >= 0.3 is 0 Å². The number of aryl methyl sites for hydroxylation is 2. The van der Waals surface area contributed by atoms with Crippen molar-refractivity contribution in [3.05, 3.63) is 87.5 Å². The van der Waals surface area contributed by atoms with Gasteiger partial charge in [-0.15, -0.1) is 5.10 Å². The lowest BCUT2D eigenvalue weighted by Crippen LogP contribution is -2.41. The molecule has 3 aromatic rings. The summed E-state index contributed by atoms with van der Waals surface area (Å²) >= 11 is 0. The molecule has 0 saturated heterocycles. The fraction of sp³-hybridized carbons (Fsp3) is 0.333. The van der Waals surface area contributed by atoms with E-state index < -0.39 is 0 Å². The maximum absolute atomic E-state index is 13.4. The molecule has 0 aliphatic carbocycles. The van der Waals surface area contributed by atoms with Gasteiger partial charge in [-0.05, 0) is 41.7 Å². The first-order valence-corrected chi connectivity index (χ1v) is 10.8. The van der Waals surface area contributed by atoms with Crippen LogP contribution in [-0.4, -0.2) is 57.4 Å². The molecule has 0 fully saturated rings. The van der Waals surface area contributed by atoms with Gasteiger partial charge in [0.15, 0.2) is 5.82 Å². The van der Waals surface area contributed by atoms with Gasteiger partial charge in [-0.25, -0.2) is 0 Å². The van der Waals surface area contributed by atoms with Gasteiger partial charge < -0.3 is 19.5 Å². The van der Waals surface area contributed by atoms with Crippen LogP contribution in [0, 0.1) is 0 Å². The van der Waals surface area contributed by atoms with E-state index in [1.165, 1.54) is 4.90 Å². The summed E-state index contributed by atoms with van der Waals surface area (Å²) in [5.41, 5.74) is 2.80. The Kier molecular flexibility index (Phi) is 6.61. The molecule has 32 heavy (non-hydrogen) atoms. The molecule has 1 aliphatic rings. The molecule has 0 radical (unpaired) electrons. The van der Waals surface area contributed by atoms with Crippen LogP contribution in [-0.2, 0) is 25.9 Å². The Morgan fingerprint density at radius 1 is 1.19 bits per heavy atom. The average molecular weight is 434 g/mol. The first-order chi connectivity index (χ1) is 15.6. The van der Waals surface area contributed by atoms with Crippen LogP contribution in [0.5, 0.6) is 0 Å². The number of hydrogen-bond donors (Lipinski definition) is 1. The lowest BCUT2D eigenvalue weighted by atomic mass is 9.95. The Labute approximate surface area is 186 Å². The van der Waals surface area contributed by atoms with Gasteiger partial charge in [-0.1, -0.05) is 30.3 Å². The highest BCUT2D eigenvalue weighted by Gasteiger charge is 2.28. The second-order valence-corrected chi connectivity index (χ2v) is 7.95. The highest BCUT2D eigenvalue weighted by atomic mass is 16.3. The van der Waals surface area contributed by atoms with E-state index >= 15 is 0 Å². The predicted molar refractivity (Wildman–Crippen MR) is 122 cm³/mol. The van der Waals surface area contributed by atoms with E-state index in [1.807, 2.05) is 48.7 Å². The minimum atomic E-state index is -0.345. The zero-order chi connectivity index (χ0) is 22.5. The molecule has 8 nitrogen and oxygen atoms in total. The number of amides is 1. The molecule has 1 amide bonds. The molecular weight excluding hydrogens is 406 g/mol. The number of rotatable bonds is 7. The van der Waals surface area contributed by atoms with Crippen molar-refractivity contribution in [1.29, 1.82) is 0 Å². The number of anilines is 1. The molecule has 4 rings (SSSR count). The molecule has 0 atom stereocenters. The second kappa shape index (κ2) is 9.74. The molecule has 8 heteroatoms. The third kappa shape index (κ3) is 4.55. The van der Waals surface area contributed by atoms with Gasteiger partial charge in [-0.3, -0.25) is 9.59 Å². The Bertz CT molecular complexity index is 1130. The molecule has 1 aromatic carbocycles. The smallest absolute Gasteiger partial charge is 0.263 e. The molecule has 3 heterocycles. The highest BCUT2D eigenvalue weighted by Crippen LogP contribution is 2.24. The number of carbonyl (C=O) groups is 1. The van der Waals surface area contributed by atoms with E-state index in [-0.39, 0.29) is 30.2 Å². The Morgan fingerprint density at radius 2 is 2.00 bits per heavy atom. The average Bonchev–Trinajstić information content (AvgIpc) is 2.83. The van der Waals surface area contributed by atoms with Crippen molar-refractivity contribution < 1.29 is 9.90 Å². The zero-order valence-electron chi connectivity index (χ0n) is 18.1. The van der Waals surface area contributed by atoms with Crippen molar-refractivity contribution >= 4 is 11.7 Å². The number of benzene rings is 1. The van der Waals surface area contributed by atoms with Crippen LogP contribution in [0.1, 0.15) is 27.0 Å². The topological polar surface area (TPSA) is 91.6 Å². The molecule has 2 aromatic heterocycles. The Balaban J connectivity index is 1.71.